The Bertz CT molecular complexity index is 357. The molecule has 1 atom stereocenters. The lowest BCUT2D eigenvalue weighted by Gasteiger charge is -2.39. The van der Waals surface area contributed by atoms with Crippen LogP contribution in [-0.2, 0) is 13.7 Å². The van der Waals surface area contributed by atoms with Crippen LogP contribution in [0.1, 0.15) is 39.5 Å². The lowest BCUT2D eigenvalue weighted by Crippen LogP contribution is -2.48. The Morgan fingerprint density at radius 2 is 1.38 bits per heavy atom. The molecule has 0 bridgehead atoms. The van der Waals surface area contributed by atoms with Crippen molar-refractivity contribution in [3.63, 3.8) is 0 Å². The predicted molar refractivity (Wildman–Crippen MR) is 88.6 cm³/mol. The number of rotatable bonds is 11. The van der Waals surface area contributed by atoms with Crippen molar-refractivity contribution in [2.45, 2.75) is 76.8 Å². The first kappa shape index (κ1) is 20.3. The SMILES string of the molecule is CC(C)[Si](C)(CCCC(=O)O)O[Si](C)(C)CCCC(=O)O. The molecule has 0 radical (unpaired) electrons. The van der Waals surface area contributed by atoms with Crippen molar-refractivity contribution in [2.75, 3.05) is 0 Å². The van der Waals surface area contributed by atoms with Gasteiger partial charge in [-0.05, 0) is 50.1 Å². The number of carboxylic acid groups (broad SMARTS) is 2. The molecule has 0 aliphatic carbocycles. The number of hydrogen-bond donors (Lipinski definition) is 2. The molecule has 0 heterocycles. The number of carbonyl (C=O) groups is 2. The third-order valence-electron chi connectivity index (χ3n) is 3.96. The molecular weight excluding hydrogens is 304 g/mol. The smallest absolute Gasteiger partial charge is 0.303 e. The molecule has 0 rings (SSSR count). The first-order valence-electron chi connectivity index (χ1n) is 7.62. The largest absolute Gasteiger partial charge is 0.481 e. The van der Waals surface area contributed by atoms with Crippen LogP contribution in [0, 0.1) is 0 Å². The highest BCUT2D eigenvalue weighted by atomic mass is 28.4. The minimum atomic E-state index is -1.96. The first-order chi connectivity index (χ1) is 9.48. The van der Waals surface area contributed by atoms with Crippen molar-refractivity contribution in [1.29, 1.82) is 0 Å². The molecule has 0 aliphatic heterocycles. The summed E-state index contributed by atoms with van der Waals surface area (Å²) in [6, 6.07) is 1.69. The molecule has 5 nitrogen and oxygen atoms in total. The molecule has 0 saturated heterocycles. The fourth-order valence-electron chi connectivity index (χ4n) is 2.40. The maximum atomic E-state index is 10.7. The van der Waals surface area contributed by atoms with Gasteiger partial charge in [-0.25, -0.2) is 0 Å². The molecule has 21 heavy (non-hydrogen) atoms. The van der Waals surface area contributed by atoms with Crippen LogP contribution in [0.3, 0.4) is 0 Å². The molecule has 0 aromatic rings. The average molecular weight is 335 g/mol. The summed E-state index contributed by atoms with van der Waals surface area (Å²) < 4.78 is 6.54. The lowest BCUT2D eigenvalue weighted by molar-refractivity contribution is -0.138. The number of hydrogen-bond acceptors (Lipinski definition) is 3. The Morgan fingerprint density at radius 1 is 0.952 bits per heavy atom. The van der Waals surface area contributed by atoms with Crippen molar-refractivity contribution in [1.82, 2.24) is 0 Å². The van der Waals surface area contributed by atoms with E-state index in [-0.39, 0.29) is 12.8 Å². The normalized spacial score (nSPS) is 15.0. The van der Waals surface area contributed by atoms with Gasteiger partial charge in [0, 0.05) is 12.8 Å². The summed E-state index contributed by atoms with van der Waals surface area (Å²) in [4.78, 5) is 21.3. The van der Waals surface area contributed by atoms with E-state index in [9.17, 15) is 9.59 Å². The molecular formula is C14H30O5Si2. The van der Waals surface area contributed by atoms with Crippen LogP contribution in [0.15, 0.2) is 0 Å². The summed E-state index contributed by atoms with van der Waals surface area (Å²) in [5.41, 5.74) is 0.428. The highest BCUT2D eigenvalue weighted by Crippen LogP contribution is 2.33. The van der Waals surface area contributed by atoms with Gasteiger partial charge in [0.05, 0.1) is 0 Å². The van der Waals surface area contributed by atoms with E-state index in [1.807, 2.05) is 0 Å². The quantitative estimate of drug-likeness (QED) is 0.559. The van der Waals surface area contributed by atoms with Gasteiger partial charge in [-0.15, -0.1) is 0 Å². The van der Waals surface area contributed by atoms with Crippen LogP contribution in [0.4, 0.5) is 0 Å². The molecule has 0 aliphatic rings. The zero-order valence-corrected chi connectivity index (χ0v) is 15.9. The van der Waals surface area contributed by atoms with E-state index in [4.69, 9.17) is 14.3 Å². The van der Waals surface area contributed by atoms with E-state index >= 15 is 0 Å². The Kier molecular flexibility index (Phi) is 8.42. The number of aliphatic carboxylic acids is 2. The van der Waals surface area contributed by atoms with Gasteiger partial charge in [-0.1, -0.05) is 13.8 Å². The standard InChI is InChI=1S/C14H30O5Si2/c1-12(2)21(5,11-7-9-14(17)18)19-20(3,4)10-6-8-13(15)16/h12H,6-11H2,1-5H3,(H,15,16)(H,17,18). The molecule has 0 fully saturated rings. The summed E-state index contributed by atoms with van der Waals surface area (Å²) in [6.45, 7) is 10.8. The highest BCUT2D eigenvalue weighted by molar-refractivity contribution is 6.86. The molecule has 2 N–H and O–H groups in total. The zero-order valence-electron chi connectivity index (χ0n) is 13.9. The molecule has 0 spiro atoms. The summed E-state index contributed by atoms with van der Waals surface area (Å²) in [7, 11) is -3.85. The van der Waals surface area contributed by atoms with Gasteiger partial charge in [0.2, 0.25) is 0 Å². The lowest BCUT2D eigenvalue weighted by atomic mass is 10.3. The third kappa shape index (κ3) is 9.05. The minimum Gasteiger partial charge on any atom is -0.481 e. The predicted octanol–water partition coefficient (Wildman–Crippen LogP) is 3.92. The van der Waals surface area contributed by atoms with Gasteiger partial charge >= 0.3 is 11.9 Å². The minimum absolute atomic E-state index is 0.193. The van der Waals surface area contributed by atoms with Crippen LogP contribution < -0.4 is 0 Å². The molecule has 0 aromatic heterocycles. The fourth-order valence-corrected chi connectivity index (χ4v) is 11.7. The highest BCUT2D eigenvalue weighted by Gasteiger charge is 2.38. The summed E-state index contributed by atoms with van der Waals surface area (Å²) in [5.74, 6) is -1.52. The van der Waals surface area contributed by atoms with Crippen LogP contribution in [0.2, 0.25) is 37.3 Å². The molecule has 0 saturated carbocycles. The second-order valence-electron chi connectivity index (χ2n) is 6.82. The van der Waals surface area contributed by atoms with Crippen molar-refractivity contribution in [3.8, 4) is 0 Å². The second kappa shape index (κ2) is 8.70. The average Bonchev–Trinajstić information content (AvgIpc) is 2.26. The molecule has 124 valence electrons. The van der Waals surface area contributed by atoms with Crippen molar-refractivity contribution < 1.29 is 23.9 Å². The third-order valence-corrected chi connectivity index (χ3v) is 13.4. The molecule has 1 unspecified atom stereocenters. The molecule has 0 aromatic carbocycles. The summed E-state index contributed by atoms with van der Waals surface area (Å²) >= 11 is 0. The topological polar surface area (TPSA) is 83.8 Å². The van der Waals surface area contributed by atoms with E-state index in [2.05, 4.69) is 33.5 Å². The van der Waals surface area contributed by atoms with E-state index < -0.39 is 28.6 Å². The Morgan fingerprint density at radius 3 is 1.76 bits per heavy atom. The monoisotopic (exact) mass is 334 g/mol. The van der Waals surface area contributed by atoms with Gasteiger partial charge in [-0.2, -0.15) is 0 Å². The van der Waals surface area contributed by atoms with Gasteiger partial charge in [0.15, 0.2) is 16.6 Å². The van der Waals surface area contributed by atoms with Crippen LogP contribution in [0.5, 0.6) is 0 Å². The summed E-state index contributed by atoms with van der Waals surface area (Å²) in [5, 5.41) is 17.5. The Labute approximate surface area is 130 Å². The van der Waals surface area contributed by atoms with Gasteiger partial charge in [0.1, 0.15) is 0 Å². The Hall–Kier alpha value is -0.666. The second-order valence-corrected chi connectivity index (χ2v) is 15.9. The fraction of sp³-hybridized carbons (Fsp3) is 0.857. The van der Waals surface area contributed by atoms with E-state index in [1.165, 1.54) is 0 Å². The van der Waals surface area contributed by atoms with Crippen LogP contribution in [0.25, 0.3) is 0 Å². The molecule has 0 amide bonds. The first-order valence-corrected chi connectivity index (χ1v) is 13.4. The number of carboxylic acids is 2. The van der Waals surface area contributed by atoms with Crippen LogP contribution in [-0.4, -0.2) is 38.8 Å². The van der Waals surface area contributed by atoms with Crippen molar-refractivity contribution >= 4 is 28.6 Å². The van der Waals surface area contributed by atoms with E-state index in [0.717, 1.165) is 12.1 Å². The Balaban J connectivity index is 4.57. The van der Waals surface area contributed by atoms with Crippen molar-refractivity contribution in [3.05, 3.63) is 0 Å². The maximum absolute atomic E-state index is 10.7. The zero-order chi connectivity index (χ0) is 16.7. The van der Waals surface area contributed by atoms with E-state index in [1.54, 1.807) is 0 Å². The van der Waals surface area contributed by atoms with E-state index in [0.29, 0.717) is 18.4 Å². The summed E-state index contributed by atoms with van der Waals surface area (Å²) in [6.07, 6.45) is 1.71. The van der Waals surface area contributed by atoms with Gasteiger partial charge < -0.3 is 14.3 Å². The maximum Gasteiger partial charge on any atom is 0.303 e. The molecule has 7 heteroatoms. The van der Waals surface area contributed by atoms with Crippen LogP contribution >= 0.6 is 0 Å². The van der Waals surface area contributed by atoms with Gasteiger partial charge in [0.25, 0.3) is 0 Å². The van der Waals surface area contributed by atoms with Gasteiger partial charge in [-0.3, -0.25) is 9.59 Å². The van der Waals surface area contributed by atoms with Crippen molar-refractivity contribution in [2.24, 2.45) is 0 Å².